The summed E-state index contributed by atoms with van der Waals surface area (Å²) in [5, 5.41) is 3.65. The molecule has 21 heavy (non-hydrogen) atoms. The van der Waals surface area contributed by atoms with Crippen molar-refractivity contribution in [3.8, 4) is 5.75 Å². The van der Waals surface area contributed by atoms with E-state index in [0.717, 1.165) is 29.7 Å². The SMILES string of the molecule is CCC(CC)(CNCC(C)C)Cc1cc(Br)ccc1OC. The van der Waals surface area contributed by atoms with E-state index in [-0.39, 0.29) is 0 Å². The standard InChI is InChI=1S/C18H30BrNO/c1-6-18(7-2,13-20-12-14(3)4)11-15-10-16(19)8-9-17(15)21-5/h8-10,14,20H,6-7,11-13H2,1-5H3. The first-order chi connectivity index (χ1) is 9.96. The Balaban J connectivity index is 2.88. The topological polar surface area (TPSA) is 21.3 Å². The highest BCUT2D eigenvalue weighted by atomic mass is 79.9. The van der Waals surface area contributed by atoms with E-state index in [2.05, 4.69) is 61.1 Å². The molecule has 1 rings (SSSR count). The molecule has 1 N–H and O–H groups in total. The van der Waals surface area contributed by atoms with Gasteiger partial charge in [-0.2, -0.15) is 0 Å². The van der Waals surface area contributed by atoms with Crippen LogP contribution in [0.5, 0.6) is 5.75 Å². The van der Waals surface area contributed by atoms with E-state index in [1.165, 1.54) is 18.4 Å². The summed E-state index contributed by atoms with van der Waals surface area (Å²) >= 11 is 3.58. The third-order valence-corrected chi connectivity index (χ3v) is 4.85. The summed E-state index contributed by atoms with van der Waals surface area (Å²) in [6.07, 6.45) is 3.39. The van der Waals surface area contributed by atoms with Crippen molar-refractivity contribution in [1.29, 1.82) is 0 Å². The minimum absolute atomic E-state index is 0.295. The third-order valence-electron chi connectivity index (χ3n) is 4.36. The molecule has 0 radical (unpaired) electrons. The number of methoxy groups -OCH3 is 1. The molecule has 0 aliphatic rings. The summed E-state index contributed by atoms with van der Waals surface area (Å²) < 4.78 is 6.66. The molecule has 0 spiro atoms. The highest BCUT2D eigenvalue weighted by molar-refractivity contribution is 9.10. The van der Waals surface area contributed by atoms with Crippen LogP contribution < -0.4 is 10.1 Å². The monoisotopic (exact) mass is 355 g/mol. The van der Waals surface area contributed by atoms with Crippen LogP contribution in [0.2, 0.25) is 0 Å². The lowest BCUT2D eigenvalue weighted by atomic mass is 9.76. The Bertz CT molecular complexity index is 427. The Morgan fingerprint density at radius 1 is 1.24 bits per heavy atom. The van der Waals surface area contributed by atoms with E-state index in [9.17, 15) is 0 Å². The summed E-state index contributed by atoms with van der Waals surface area (Å²) in [4.78, 5) is 0. The van der Waals surface area contributed by atoms with Crippen LogP contribution in [0.4, 0.5) is 0 Å². The normalized spacial score (nSPS) is 12.0. The Morgan fingerprint density at radius 2 is 1.90 bits per heavy atom. The Hall–Kier alpha value is -0.540. The van der Waals surface area contributed by atoms with Crippen LogP contribution in [0, 0.1) is 11.3 Å². The van der Waals surface area contributed by atoms with Crippen LogP contribution in [0.25, 0.3) is 0 Å². The molecule has 0 aliphatic carbocycles. The molecule has 0 unspecified atom stereocenters. The van der Waals surface area contributed by atoms with Gasteiger partial charge in [-0.3, -0.25) is 0 Å². The van der Waals surface area contributed by atoms with Gasteiger partial charge in [-0.25, -0.2) is 0 Å². The van der Waals surface area contributed by atoms with Gasteiger partial charge in [0, 0.05) is 11.0 Å². The van der Waals surface area contributed by atoms with Crippen molar-refractivity contribution in [2.75, 3.05) is 20.2 Å². The predicted octanol–water partition coefficient (Wildman–Crippen LogP) is 5.05. The number of ether oxygens (including phenoxy) is 1. The molecule has 1 aromatic rings. The fraction of sp³-hybridized carbons (Fsp3) is 0.667. The first-order valence-electron chi connectivity index (χ1n) is 7.99. The predicted molar refractivity (Wildman–Crippen MR) is 95.1 cm³/mol. The summed E-state index contributed by atoms with van der Waals surface area (Å²) in [7, 11) is 1.75. The van der Waals surface area contributed by atoms with E-state index in [0.29, 0.717) is 11.3 Å². The van der Waals surface area contributed by atoms with Gasteiger partial charge in [-0.1, -0.05) is 43.6 Å². The van der Waals surface area contributed by atoms with Gasteiger partial charge < -0.3 is 10.1 Å². The van der Waals surface area contributed by atoms with Gasteiger partial charge >= 0.3 is 0 Å². The van der Waals surface area contributed by atoms with Crippen LogP contribution in [0.3, 0.4) is 0 Å². The summed E-state index contributed by atoms with van der Waals surface area (Å²) in [5.41, 5.74) is 1.59. The van der Waals surface area contributed by atoms with Gasteiger partial charge in [-0.05, 0) is 60.9 Å². The van der Waals surface area contributed by atoms with E-state index >= 15 is 0 Å². The second-order valence-electron chi connectivity index (χ2n) is 6.36. The molecule has 2 nitrogen and oxygen atoms in total. The average molecular weight is 356 g/mol. The zero-order chi connectivity index (χ0) is 15.9. The Labute approximate surface area is 138 Å². The molecule has 0 amide bonds. The van der Waals surface area contributed by atoms with Crippen molar-refractivity contribution >= 4 is 15.9 Å². The van der Waals surface area contributed by atoms with Crippen molar-refractivity contribution in [1.82, 2.24) is 5.32 Å². The first-order valence-corrected chi connectivity index (χ1v) is 8.78. The highest BCUT2D eigenvalue weighted by Crippen LogP contribution is 2.35. The summed E-state index contributed by atoms with van der Waals surface area (Å²) in [6.45, 7) is 11.2. The minimum Gasteiger partial charge on any atom is -0.496 e. The summed E-state index contributed by atoms with van der Waals surface area (Å²) in [5.74, 6) is 1.69. The molecule has 3 heteroatoms. The van der Waals surface area contributed by atoms with Crippen molar-refractivity contribution in [3.05, 3.63) is 28.2 Å². The molecule has 0 bridgehead atoms. The van der Waals surface area contributed by atoms with Crippen LogP contribution in [-0.2, 0) is 6.42 Å². The lowest BCUT2D eigenvalue weighted by Gasteiger charge is -2.33. The van der Waals surface area contributed by atoms with Gasteiger partial charge in [0.2, 0.25) is 0 Å². The van der Waals surface area contributed by atoms with Gasteiger partial charge in [0.15, 0.2) is 0 Å². The zero-order valence-corrected chi connectivity index (χ0v) is 15.7. The molecule has 0 aromatic heterocycles. The molecule has 1 aromatic carbocycles. The molecule has 0 atom stereocenters. The van der Waals surface area contributed by atoms with Gasteiger partial charge in [0.25, 0.3) is 0 Å². The quantitative estimate of drug-likeness (QED) is 0.668. The third kappa shape index (κ3) is 5.63. The van der Waals surface area contributed by atoms with E-state index in [4.69, 9.17) is 4.74 Å². The summed E-state index contributed by atoms with van der Waals surface area (Å²) in [6, 6.07) is 6.29. The van der Waals surface area contributed by atoms with Crippen molar-refractivity contribution in [3.63, 3.8) is 0 Å². The number of nitrogens with one attached hydrogen (secondary N) is 1. The maximum atomic E-state index is 5.54. The van der Waals surface area contributed by atoms with Crippen molar-refractivity contribution < 1.29 is 4.74 Å². The zero-order valence-electron chi connectivity index (χ0n) is 14.1. The number of benzene rings is 1. The second kappa shape index (κ2) is 8.79. The van der Waals surface area contributed by atoms with Crippen LogP contribution in [-0.4, -0.2) is 20.2 Å². The number of rotatable bonds is 9. The van der Waals surface area contributed by atoms with E-state index in [1.54, 1.807) is 7.11 Å². The van der Waals surface area contributed by atoms with Crippen LogP contribution >= 0.6 is 15.9 Å². The number of halogens is 1. The number of hydrogen-bond donors (Lipinski definition) is 1. The van der Waals surface area contributed by atoms with Gasteiger partial charge in [-0.15, -0.1) is 0 Å². The molecule has 0 fully saturated rings. The fourth-order valence-electron chi connectivity index (χ4n) is 2.73. The molecule has 0 heterocycles. The molecule has 0 aliphatic heterocycles. The second-order valence-corrected chi connectivity index (χ2v) is 7.28. The van der Waals surface area contributed by atoms with Crippen LogP contribution in [0.1, 0.15) is 46.1 Å². The van der Waals surface area contributed by atoms with Gasteiger partial charge in [0.1, 0.15) is 5.75 Å². The van der Waals surface area contributed by atoms with Gasteiger partial charge in [0.05, 0.1) is 7.11 Å². The van der Waals surface area contributed by atoms with E-state index < -0.39 is 0 Å². The average Bonchev–Trinajstić information content (AvgIpc) is 2.46. The van der Waals surface area contributed by atoms with Crippen molar-refractivity contribution in [2.24, 2.45) is 11.3 Å². The van der Waals surface area contributed by atoms with Crippen molar-refractivity contribution in [2.45, 2.75) is 47.0 Å². The molecular formula is C18H30BrNO. The number of hydrogen-bond acceptors (Lipinski definition) is 2. The smallest absolute Gasteiger partial charge is 0.122 e. The lowest BCUT2D eigenvalue weighted by molar-refractivity contribution is 0.240. The maximum Gasteiger partial charge on any atom is 0.122 e. The highest BCUT2D eigenvalue weighted by Gasteiger charge is 2.27. The van der Waals surface area contributed by atoms with Crippen LogP contribution in [0.15, 0.2) is 22.7 Å². The lowest BCUT2D eigenvalue weighted by Crippen LogP contribution is -2.37. The Kier molecular flexibility index (Phi) is 7.75. The molecule has 120 valence electrons. The largest absolute Gasteiger partial charge is 0.496 e. The fourth-order valence-corrected chi connectivity index (χ4v) is 3.14. The minimum atomic E-state index is 0.295. The molecule has 0 saturated carbocycles. The maximum absolute atomic E-state index is 5.54. The van der Waals surface area contributed by atoms with E-state index in [1.807, 2.05) is 6.07 Å². The first kappa shape index (κ1) is 18.5. The molecule has 0 saturated heterocycles. The Morgan fingerprint density at radius 3 is 2.43 bits per heavy atom. The molecular weight excluding hydrogens is 326 g/mol.